The highest BCUT2D eigenvalue weighted by Crippen LogP contribution is 2.17. The molecule has 0 aliphatic carbocycles. The van der Waals surface area contributed by atoms with Crippen molar-refractivity contribution >= 4 is 28.1 Å². The van der Waals surface area contributed by atoms with Gasteiger partial charge in [0.15, 0.2) is 5.13 Å². The third-order valence-electron chi connectivity index (χ3n) is 2.72. The number of benzene rings is 1. The number of aryl methyl sites for hydroxylation is 1. The lowest BCUT2D eigenvalue weighted by molar-refractivity contribution is -0.116. The maximum atomic E-state index is 12.0. The first kappa shape index (κ1) is 14.3. The number of carbonyl (C=O) groups excluding carboxylic acids is 1. The molecule has 2 N–H and O–H groups in total. The van der Waals surface area contributed by atoms with Crippen molar-refractivity contribution in [2.75, 3.05) is 17.7 Å². The second kappa shape index (κ2) is 6.38. The summed E-state index contributed by atoms with van der Waals surface area (Å²) >= 11 is 1.42. The van der Waals surface area contributed by atoms with Crippen LogP contribution in [0.2, 0.25) is 0 Å². The molecule has 0 aliphatic rings. The highest BCUT2D eigenvalue weighted by Gasteiger charge is 2.14. The Hall–Kier alpha value is -2.08. The van der Waals surface area contributed by atoms with Gasteiger partial charge in [-0.25, -0.2) is 4.98 Å². The van der Waals surface area contributed by atoms with Crippen molar-refractivity contribution < 1.29 is 9.53 Å². The molecular weight excluding hydrogens is 274 g/mol. The van der Waals surface area contributed by atoms with Crippen molar-refractivity contribution in [3.05, 3.63) is 35.3 Å². The largest absolute Gasteiger partial charge is 0.497 e. The van der Waals surface area contributed by atoms with E-state index in [9.17, 15) is 4.79 Å². The number of hydrogen-bond acceptors (Lipinski definition) is 5. The Morgan fingerprint density at radius 3 is 2.60 bits per heavy atom. The molecule has 0 radical (unpaired) electrons. The van der Waals surface area contributed by atoms with Crippen molar-refractivity contribution in [1.82, 2.24) is 4.98 Å². The van der Waals surface area contributed by atoms with Crippen molar-refractivity contribution in [2.45, 2.75) is 19.9 Å². The topological polar surface area (TPSA) is 63.2 Å². The zero-order valence-corrected chi connectivity index (χ0v) is 12.5. The van der Waals surface area contributed by atoms with Crippen molar-refractivity contribution in [3.63, 3.8) is 0 Å². The highest BCUT2D eigenvalue weighted by atomic mass is 32.1. The molecule has 0 unspecified atom stereocenters. The van der Waals surface area contributed by atoms with Gasteiger partial charge in [0.2, 0.25) is 5.91 Å². The molecular formula is C14H17N3O2S. The van der Waals surface area contributed by atoms with Crippen LogP contribution in [0.5, 0.6) is 5.75 Å². The number of carbonyl (C=O) groups is 1. The summed E-state index contributed by atoms with van der Waals surface area (Å²) in [5.41, 5.74) is 1.77. The molecule has 1 aromatic heterocycles. The SMILES string of the molecule is COc1ccc(N[C@@H](C)C(=O)Nc2nc(C)cs2)cc1. The van der Waals surface area contributed by atoms with Crippen LogP contribution in [-0.4, -0.2) is 24.0 Å². The fourth-order valence-electron chi connectivity index (χ4n) is 1.63. The van der Waals surface area contributed by atoms with E-state index in [2.05, 4.69) is 15.6 Å². The third-order valence-corrected chi connectivity index (χ3v) is 3.59. The number of nitrogens with zero attached hydrogens (tertiary/aromatic N) is 1. The summed E-state index contributed by atoms with van der Waals surface area (Å²) in [5, 5.41) is 8.44. The number of ether oxygens (including phenoxy) is 1. The minimum absolute atomic E-state index is 0.116. The molecule has 1 amide bonds. The van der Waals surface area contributed by atoms with Crippen molar-refractivity contribution in [1.29, 1.82) is 0 Å². The average Bonchev–Trinajstić information content (AvgIpc) is 2.85. The van der Waals surface area contributed by atoms with Gasteiger partial charge in [0.05, 0.1) is 12.8 Å². The number of rotatable bonds is 5. The Bertz CT molecular complexity index is 580. The van der Waals surface area contributed by atoms with Gasteiger partial charge < -0.3 is 15.4 Å². The normalized spacial score (nSPS) is 11.8. The molecule has 0 fully saturated rings. The van der Waals surface area contributed by atoms with Gasteiger partial charge in [0.1, 0.15) is 11.8 Å². The number of hydrogen-bond donors (Lipinski definition) is 2. The lowest BCUT2D eigenvalue weighted by Crippen LogP contribution is -2.31. The van der Waals surface area contributed by atoms with Gasteiger partial charge in [-0.05, 0) is 38.1 Å². The lowest BCUT2D eigenvalue weighted by Gasteiger charge is -2.14. The fourth-order valence-corrected chi connectivity index (χ4v) is 2.32. The molecule has 106 valence electrons. The number of thiazole rings is 1. The second-order valence-corrected chi connectivity index (χ2v) is 5.24. The van der Waals surface area contributed by atoms with Crippen LogP contribution in [0.4, 0.5) is 10.8 Å². The predicted octanol–water partition coefficient (Wildman–Crippen LogP) is 2.90. The Kier molecular flexibility index (Phi) is 4.57. The summed E-state index contributed by atoms with van der Waals surface area (Å²) in [6.45, 7) is 3.70. The van der Waals surface area contributed by atoms with E-state index in [1.54, 1.807) is 14.0 Å². The van der Waals surface area contributed by atoms with Crippen LogP contribution in [0.15, 0.2) is 29.6 Å². The third kappa shape index (κ3) is 3.71. The maximum Gasteiger partial charge on any atom is 0.248 e. The van der Waals surface area contributed by atoms with Crippen molar-refractivity contribution in [2.24, 2.45) is 0 Å². The summed E-state index contributed by atoms with van der Waals surface area (Å²) in [7, 11) is 1.62. The van der Waals surface area contributed by atoms with E-state index in [4.69, 9.17) is 4.74 Å². The molecule has 0 aliphatic heterocycles. The van der Waals surface area contributed by atoms with Crippen LogP contribution in [0, 0.1) is 6.92 Å². The summed E-state index contributed by atoms with van der Waals surface area (Å²) in [6.07, 6.45) is 0. The minimum Gasteiger partial charge on any atom is -0.497 e. The number of methoxy groups -OCH3 is 1. The molecule has 0 spiro atoms. The van der Waals surface area contributed by atoms with Gasteiger partial charge in [-0.1, -0.05) is 0 Å². The van der Waals surface area contributed by atoms with Gasteiger partial charge in [-0.3, -0.25) is 4.79 Å². The van der Waals surface area contributed by atoms with Gasteiger partial charge in [-0.15, -0.1) is 11.3 Å². The quantitative estimate of drug-likeness (QED) is 0.889. The van der Waals surface area contributed by atoms with Crippen LogP contribution in [0.3, 0.4) is 0 Å². The molecule has 1 aromatic carbocycles. The van der Waals surface area contributed by atoms with Gasteiger partial charge in [0.25, 0.3) is 0 Å². The maximum absolute atomic E-state index is 12.0. The zero-order valence-electron chi connectivity index (χ0n) is 11.6. The molecule has 0 saturated heterocycles. The molecule has 6 heteroatoms. The molecule has 1 heterocycles. The van der Waals surface area contributed by atoms with Crippen LogP contribution >= 0.6 is 11.3 Å². The Balaban J connectivity index is 1.92. The van der Waals surface area contributed by atoms with E-state index < -0.39 is 0 Å². The van der Waals surface area contributed by atoms with E-state index in [1.807, 2.05) is 36.6 Å². The van der Waals surface area contributed by atoms with Gasteiger partial charge in [0, 0.05) is 11.1 Å². The van der Waals surface area contributed by atoms with Crippen LogP contribution in [-0.2, 0) is 4.79 Å². The Labute approximate surface area is 122 Å². The van der Waals surface area contributed by atoms with E-state index in [0.29, 0.717) is 5.13 Å². The molecule has 0 saturated carbocycles. The summed E-state index contributed by atoms with van der Waals surface area (Å²) in [6, 6.07) is 7.08. The smallest absolute Gasteiger partial charge is 0.248 e. The van der Waals surface area contributed by atoms with E-state index in [0.717, 1.165) is 17.1 Å². The first-order chi connectivity index (χ1) is 9.58. The fraction of sp³-hybridized carbons (Fsp3) is 0.286. The molecule has 1 atom stereocenters. The molecule has 2 rings (SSSR count). The lowest BCUT2D eigenvalue weighted by atomic mass is 10.2. The van der Waals surface area contributed by atoms with E-state index in [-0.39, 0.29) is 11.9 Å². The highest BCUT2D eigenvalue weighted by molar-refractivity contribution is 7.13. The standard InChI is InChI=1S/C14H17N3O2S/c1-9-8-20-14(15-9)17-13(18)10(2)16-11-4-6-12(19-3)7-5-11/h4-8,10,16H,1-3H3,(H,15,17,18)/t10-/m0/s1. The average molecular weight is 291 g/mol. The van der Waals surface area contributed by atoms with Crippen LogP contribution in [0.1, 0.15) is 12.6 Å². The first-order valence-corrected chi connectivity index (χ1v) is 7.10. The van der Waals surface area contributed by atoms with Gasteiger partial charge >= 0.3 is 0 Å². The number of anilines is 2. The summed E-state index contributed by atoms with van der Waals surface area (Å²) < 4.78 is 5.09. The zero-order chi connectivity index (χ0) is 14.5. The Morgan fingerprint density at radius 2 is 2.05 bits per heavy atom. The van der Waals surface area contributed by atoms with Crippen molar-refractivity contribution in [3.8, 4) is 5.75 Å². The summed E-state index contributed by atoms with van der Waals surface area (Å²) in [4.78, 5) is 16.2. The first-order valence-electron chi connectivity index (χ1n) is 6.22. The number of nitrogens with one attached hydrogen (secondary N) is 2. The molecule has 2 aromatic rings. The van der Waals surface area contributed by atoms with Gasteiger partial charge in [-0.2, -0.15) is 0 Å². The van der Waals surface area contributed by atoms with E-state index in [1.165, 1.54) is 11.3 Å². The van der Waals surface area contributed by atoms with Crippen LogP contribution < -0.4 is 15.4 Å². The monoisotopic (exact) mass is 291 g/mol. The van der Waals surface area contributed by atoms with E-state index >= 15 is 0 Å². The summed E-state index contributed by atoms with van der Waals surface area (Å²) in [5.74, 6) is 0.668. The molecule has 0 bridgehead atoms. The molecule has 20 heavy (non-hydrogen) atoms. The predicted molar refractivity (Wildman–Crippen MR) is 81.6 cm³/mol. The second-order valence-electron chi connectivity index (χ2n) is 4.38. The number of amides is 1. The van der Waals surface area contributed by atoms with Crippen LogP contribution in [0.25, 0.3) is 0 Å². The Morgan fingerprint density at radius 1 is 1.35 bits per heavy atom. The minimum atomic E-state index is -0.354. The number of aromatic nitrogens is 1. The molecule has 5 nitrogen and oxygen atoms in total.